The van der Waals surface area contributed by atoms with E-state index in [-0.39, 0.29) is 19.2 Å². The van der Waals surface area contributed by atoms with Gasteiger partial charge in [0, 0.05) is 19.3 Å². The Balaban J connectivity index is 2.03. The first kappa shape index (κ1) is 15.0. The number of carbonyl (C=O) groups is 1. The molecular formula is C16H19N3O2. The van der Waals surface area contributed by atoms with Gasteiger partial charge < -0.3 is 10.0 Å². The maximum Gasteiger partial charge on any atom is 0.323 e. The summed E-state index contributed by atoms with van der Waals surface area (Å²) in [5, 5.41) is 11.9. The second-order valence-corrected chi connectivity index (χ2v) is 4.78. The fraction of sp³-hybridized carbons (Fsp3) is 0.250. The number of aromatic nitrogens is 1. The molecule has 2 rings (SSSR count). The Hall–Kier alpha value is -2.40. The maximum atomic E-state index is 12.3. The summed E-state index contributed by atoms with van der Waals surface area (Å²) in [7, 11) is 0. The van der Waals surface area contributed by atoms with Crippen LogP contribution in [0.1, 0.15) is 11.1 Å². The van der Waals surface area contributed by atoms with Crippen LogP contribution in [0.5, 0.6) is 0 Å². The van der Waals surface area contributed by atoms with Crippen molar-refractivity contribution in [3.05, 3.63) is 59.8 Å². The number of urea groups is 1. The summed E-state index contributed by atoms with van der Waals surface area (Å²) in [6.07, 6.45) is 1.70. The van der Waals surface area contributed by atoms with E-state index in [0.29, 0.717) is 12.4 Å². The van der Waals surface area contributed by atoms with Gasteiger partial charge in [-0.2, -0.15) is 0 Å². The maximum absolute atomic E-state index is 12.3. The summed E-state index contributed by atoms with van der Waals surface area (Å²) in [5.74, 6) is 0.501. The first-order valence-electron chi connectivity index (χ1n) is 6.82. The monoisotopic (exact) mass is 285 g/mol. The normalized spacial score (nSPS) is 10.2. The number of carbonyl (C=O) groups excluding carboxylic acids is 1. The summed E-state index contributed by atoms with van der Waals surface area (Å²) >= 11 is 0. The lowest BCUT2D eigenvalue weighted by Crippen LogP contribution is -2.36. The summed E-state index contributed by atoms with van der Waals surface area (Å²) in [6.45, 7) is 2.57. The zero-order valence-electron chi connectivity index (χ0n) is 12.0. The average Bonchev–Trinajstić information content (AvgIpc) is 2.50. The minimum Gasteiger partial charge on any atom is -0.395 e. The van der Waals surface area contributed by atoms with Gasteiger partial charge in [-0.05, 0) is 24.1 Å². The fourth-order valence-electron chi connectivity index (χ4n) is 1.91. The lowest BCUT2D eigenvalue weighted by atomic mass is 10.2. The van der Waals surface area contributed by atoms with Crippen molar-refractivity contribution in [1.82, 2.24) is 9.88 Å². The first-order valence-corrected chi connectivity index (χ1v) is 6.82. The van der Waals surface area contributed by atoms with Crippen LogP contribution in [0.4, 0.5) is 10.6 Å². The van der Waals surface area contributed by atoms with Crippen LogP contribution in [0.2, 0.25) is 0 Å². The van der Waals surface area contributed by atoms with Gasteiger partial charge in [0.2, 0.25) is 0 Å². The molecule has 0 radical (unpaired) electrons. The van der Waals surface area contributed by atoms with E-state index in [9.17, 15) is 4.79 Å². The van der Waals surface area contributed by atoms with Crippen LogP contribution in [0, 0.1) is 6.92 Å². The number of pyridine rings is 1. The predicted molar refractivity (Wildman–Crippen MR) is 81.9 cm³/mol. The van der Waals surface area contributed by atoms with Gasteiger partial charge in [-0.15, -0.1) is 0 Å². The summed E-state index contributed by atoms with van der Waals surface area (Å²) in [4.78, 5) is 18.0. The molecule has 0 unspecified atom stereocenters. The van der Waals surface area contributed by atoms with E-state index < -0.39 is 0 Å². The highest BCUT2D eigenvalue weighted by atomic mass is 16.3. The molecule has 110 valence electrons. The molecule has 5 heteroatoms. The number of benzene rings is 1. The van der Waals surface area contributed by atoms with Gasteiger partial charge in [0.15, 0.2) is 0 Å². The smallest absolute Gasteiger partial charge is 0.323 e. The second kappa shape index (κ2) is 7.40. The Morgan fingerprint density at radius 3 is 2.62 bits per heavy atom. The van der Waals surface area contributed by atoms with Gasteiger partial charge in [0.1, 0.15) is 5.82 Å². The number of aryl methyl sites for hydroxylation is 1. The van der Waals surface area contributed by atoms with E-state index in [0.717, 1.165) is 11.1 Å². The topological polar surface area (TPSA) is 65.5 Å². The Labute approximate surface area is 124 Å². The second-order valence-electron chi connectivity index (χ2n) is 4.78. The largest absolute Gasteiger partial charge is 0.395 e. The molecule has 0 atom stereocenters. The van der Waals surface area contributed by atoms with E-state index in [2.05, 4.69) is 10.3 Å². The molecule has 2 N–H and O–H groups in total. The van der Waals surface area contributed by atoms with Crippen molar-refractivity contribution < 1.29 is 9.90 Å². The molecule has 2 amide bonds. The quantitative estimate of drug-likeness (QED) is 0.886. The van der Waals surface area contributed by atoms with Gasteiger partial charge >= 0.3 is 6.03 Å². The number of nitrogens with one attached hydrogen (secondary N) is 1. The molecule has 0 saturated heterocycles. The lowest BCUT2D eigenvalue weighted by Gasteiger charge is -2.22. The third-order valence-corrected chi connectivity index (χ3v) is 3.02. The number of hydrogen-bond acceptors (Lipinski definition) is 3. The summed E-state index contributed by atoms with van der Waals surface area (Å²) in [5.41, 5.74) is 2.04. The highest BCUT2D eigenvalue weighted by Gasteiger charge is 2.14. The highest BCUT2D eigenvalue weighted by Crippen LogP contribution is 2.08. The van der Waals surface area contributed by atoms with Crippen LogP contribution in [0.3, 0.4) is 0 Å². The lowest BCUT2D eigenvalue weighted by molar-refractivity contribution is 0.185. The van der Waals surface area contributed by atoms with Crippen molar-refractivity contribution in [2.24, 2.45) is 0 Å². The van der Waals surface area contributed by atoms with Crippen molar-refractivity contribution >= 4 is 11.8 Å². The van der Waals surface area contributed by atoms with E-state index in [1.807, 2.05) is 43.3 Å². The number of aliphatic hydroxyl groups is 1. The third kappa shape index (κ3) is 4.57. The molecule has 0 spiro atoms. The summed E-state index contributed by atoms with van der Waals surface area (Å²) in [6, 6.07) is 13.0. The van der Waals surface area contributed by atoms with Crippen molar-refractivity contribution in [1.29, 1.82) is 0 Å². The SMILES string of the molecule is Cc1ccc(NC(=O)N(CCO)Cc2ccccc2)nc1. The molecule has 0 aliphatic rings. The molecule has 0 bridgehead atoms. The van der Waals surface area contributed by atoms with Crippen molar-refractivity contribution in [3.63, 3.8) is 0 Å². The minimum atomic E-state index is -0.274. The first-order chi connectivity index (χ1) is 10.2. The van der Waals surface area contributed by atoms with Crippen LogP contribution >= 0.6 is 0 Å². The van der Waals surface area contributed by atoms with E-state index in [4.69, 9.17) is 5.11 Å². The molecule has 5 nitrogen and oxygen atoms in total. The van der Waals surface area contributed by atoms with E-state index in [1.54, 1.807) is 17.2 Å². The zero-order chi connectivity index (χ0) is 15.1. The average molecular weight is 285 g/mol. The summed E-state index contributed by atoms with van der Waals surface area (Å²) < 4.78 is 0. The fourth-order valence-corrected chi connectivity index (χ4v) is 1.91. The molecule has 1 aromatic carbocycles. The number of hydrogen-bond donors (Lipinski definition) is 2. The van der Waals surface area contributed by atoms with E-state index >= 15 is 0 Å². The number of anilines is 1. The minimum absolute atomic E-state index is 0.0818. The zero-order valence-corrected chi connectivity index (χ0v) is 12.0. The number of rotatable bonds is 5. The molecule has 0 fully saturated rings. The molecular weight excluding hydrogens is 266 g/mol. The molecule has 21 heavy (non-hydrogen) atoms. The Kier molecular flexibility index (Phi) is 5.29. The van der Waals surface area contributed by atoms with Gasteiger partial charge in [-0.1, -0.05) is 36.4 Å². The van der Waals surface area contributed by atoms with Gasteiger partial charge in [0.05, 0.1) is 6.61 Å². The molecule has 0 saturated carbocycles. The molecule has 1 heterocycles. The molecule has 2 aromatic rings. The standard InChI is InChI=1S/C16H19N3O2/c1-13-7-8-15(17-11-13)18-16(21)19(9-10-20)12-14-5-3-2-4-6-14/h2-8,11,20H,9-10,12H2,1H3,(H,17,18,21). The predicted octanol–water partition coefficient (Wildman–Crippen LogP) is 2.42. The van der Waals surface area contributed by atoms with Crippen molar-refractivity contribution in [2.75, 3.05) is 18.5 Å². The van der Waals surface area contributed by atoms with Crippen LogP contribution in [-0.4, -0.2) is 34.2 Å². The Morgan fingerprint density at radius 2 is 2.00 bits per heavy atom. The van der Waals surface area contributed by atoms with Crippen molar-refractivity contribution in [3.8, 4) is 0 Å². The van der Waals surface area contributed by atoms with Gasteiger partial charge in [-0.3, -0.25) is 5.32 Å². The third-order valence-electron chi connectivity index (χ3n) is 3.02. The van der Waals surface area contributed by atoms with Crippen LogP contribution in [0.25, 0.3) is 0 Å². The Morgan fingerprint density at radius 1 is 1.24 bits per heavy atom. The number of nitrogens with zero attached hydrogens (tertiary/aromatic N) is 2. The van der Waals surface area contributed by atoms with Crippen LogP contribution in [0.15, 0.2) is 48.7 Å². The van der Waals surface area contributed by atoms with Crippen molar-refractivity contribution in [2.45, 2.75) is 13.5 Å². The Bertz CT molecular complexity index is 570. The van der Waals surface area contributed by atoms with Gasteiger partial charge in [0.25, 0.3) is 0 Å². The highest BCUT2D eigenvalue weighted by molar-refractivity contribution is 5.88. The molecule has 1 aromatic heterocycles. The molecule has 0 aliphatic heterocycles. The van der Waals surface area contributed by atoms with Crippen LogP contribution in [-0.2, 0) is 6.54 Å². The van der Waals surface area contributed by atoms with Crippen LogP contribution < -0.4 is 5.32 Å². The molecule has 0 aliphatic carbocycles. The number of amides is 2. The van der Waals surface area contributed by atoms with Gasteiger partial charge in [-0.25, -0.2) is 9.78 Å². The number of aliphatic hydroxyl groups excluding tert-OH is 1. The van der Waals surface area contributed by atoms with E-state index in [1.165, 1.54) is 0 Å².